The van der Waals surface area contributed by atoms with Crippen molar-refractivity contribution in [3.63, 3.8) is 0 Å². The average molecular weight is 535 g/mol. The van der Waals surface area contributed by atoms with Crippen molar-refractivity contribution in [1.29, 1.82) is 0 Å². The molecule has 2 aromatic rings. The van der Waals surface area contributed by atoms with E-state index in [1.54, 1.807) is 17.0 Å². The van der Waals surface area contributed by atoms with Gasteiger partial charge in [0.15, 0.2) is 18.1 Å². The van der Waals surface area contributed by atoms with E-state index in [0.29, 0.717) is 44.0 Å². The first-order valence-corrected chi connectivity index (χ1v) is 12.0. The van der Waals surface area contributed by atoms with Crippen molar-refractivity contribution in [1.82, 2.24) is 4.90 Å². The summed E-state index contributed by atoms with van der Waals surface area (Å²) in [5, 5.41) is 2.80. The third-order valence-corrected chi connectivity index (χ3v) is 6.47. The Balaban J connectivity index is 1.76. The second kappa shape index (κ2) is 11.0. The minimum Gasteiger partial charge on any atom is -0.490 e. The Kier molecular flexibility index (Phi) is 8.33. The van der Waals surface area contributed by atoms with Crippen LogP contribution >= 0.6 is 39.9 Å². The number of nitrogens with zero attached hydrogens (tertiary/aromatic N) is 1. The van der Waals surface area contributed by atoms with E-state index >= 15 is 0 Å². The van der Waals surface area contributed by atoms with Crippen LogP contribution in [0.2, 0.25) is 0 Å². The lowest BCUT2D eigenvalue weighted by molar-refractivity contribution is -0.122. The summed E-state index contributed by atoms with van der Waals surface area (Å²) < 4.78 is 12.7. The molecule has 1 N–H and O–H groups in total. The van der Waals surface area contributed by atoms with Gasteiger partial charge >= 0.3 is 0 Å². The zero-order valence-corrected chi connectivity index (χ0v) is 21.2. The van der Waals surface area contributed by atoms with E-state index in [2.05, 4.69) is 21.2 Å². The molecule has 0 aliphatic carbocycles. The highest BCUT2D eigenvalue weighted by molar-refractivity contribution is 9.10. The van der Waals surface area contributed by atoms with Crippen molar-refractivity contribution >= 4 is 67.8 Å². The number of carbonyl (C=O) groups excluding carboxylic acids is 2. The first-order valence-electron chi connectivity index (χ1n) is 10.0. The Bertz CT molecular complexity index is 1070. The third-order valence-electron chi connectivity index (χ3n) is 4.50. The van der Waals surface area contributed by atoms with Crippen molar-refractivity contribution in [2.24, 2.45) is 0 Å². The van der Waals surface area contributed by atoms with E-state index in [9.17, 15) is 9.59 Å². The molecule has 0 saturated carbocycles. The van der Waals surface area contributed by atoms with Gasteiger partial charge < -0.3 is 14.8 Å². The summed E-state index contributed by atoms with van der Waals surface area (Å²) in [4.78, 5) is 26.9. The van der Waals surface area contributed by atoms with Gasteiger partial charge in [0, 0.05) is 12.2 Å². The number of likely N-dealkylation sites (N-methyl/N-ethyl adjacent to an activating group) is 1. The molecule has 2 aromatic carbocycles. The number of rotatable bonds is 8. The van der Waals surface area contributed by atoms with Crippen LogP contribution in [-0.2, 0) is 9.59 Å². The number of ether oxygens (including phenoxy) is 2. The van der Waals surface area contributed by atoms with E-state index in [4.69, 9.17) is 21.7 Å². The number of hydrogen-bond acceptors (Lipinski definition) is 6. The quantitative estimate of drug-likeness (QED) is 0.361. The topological polar surface area (TPSA) is 67.9 Å². The minimum absolute atomic E-state index is 0.107. The van der Waals surface area contributed by atoms with Crippen LogP contribution < -0.4 is 14.8 Å². The van der Waals surface area contributed by atoms with Gasteiger partial charge in [-0.3, -0.25) is 14.5 Å². The third kappa shape index (κ3) is 5.90. The maximum absolute atomic E-state index is 12.5. The molecule has 0 atom stereocenters. The Labute approximate surface area is 205 Å². The summed E-state index contributed by atoms with van der Waals surface area (Å²) in [6.45, 7) is 6.50. The Morgan fingerprint density at radius 2 is 1.94 bits per heavy atom. The molecular weight excluding hydrogens is 512 g/mol. The molecule has 1 heterocycles. The first-order chi connectivity index (χ1) is 15.3. The lowest BCUT2D eigenvalue weighted by Gasteiger charge is -2.15. The Morgan fingerprint density at radius 1 is 1.22 bits per heavy atom. The number of benzene rings is 2. The molecule has 1 saturated heterocycles. The van der Waals surface area contributed by atoms with Crippen molar-refractivity contribution in [3.8, 4) is 11.5 Å². The van der Waals surface area contributed by atoms with E-state index in [-0.39, 0.29) is 18.4 Å². The highest BCUT2D eigenvalue weighted by atomic mass is 79.9. The molecule has 0 unspecified atom stereocenters. The lowest BCUT2D eigenvalue weighted by Crippen LogP contribution is -2.27. The van der Waals surface area contributed by atoms with Crippen molar-refractivity contribution < 1.29 is 19.1 Å². The fraction of sp³-hybridized carbons (Fsp3) is 0.261. The summed E-state index contributed by atoms with van der Waals surface area (Å²) >= 11 is 10.0. The van der Waals surface area contributed by atoms with Crippen LogP contribution in [0.3, 0.4) is 0 Å². The fourth-order valence-corrected chi connectivity index (χ4v) is 4.93. The van der Waals surface area contributed by atoms with Gasteiger partial charge in [0.25, 0.3) is 11.8 Å². The van der Waals surface area contributed by atoms with Crippen LogP contribution in [0.25, 0.3) is 6.08 Å². The van der Waals surface area contributed by atoms with Crippen LogP contribution in [0.4, 0.5) is 5.69 Å². The smallest absolute Gasteiger partial charge is 0.266 e. The minimum atomic E-state index is -0.282. The first kappa shape index (κ1) is 24.3. The van der Waals surface area contributed by atoms with E-state index in [1.165, 1.54) is 11.8 Å². The largest absolute Gasteiger partial charge is 0.490 e. The molecule has 0 radical (unpaired) electrons. The zero-order valence-electron chi connectivity index (χ0n) is 17.9. The summed E-state index contributed by atoms with van der Waals surface area (Å²) in [7, 11) is 0. The molecule has 9 heteroatoms. The SMILES string of the molecule is CCOc1cc(/C=C2\SC(=S)N(CC)C2=O)cc(Br)c1OCC(=O)Nc1ccc(C)cc1. The molecule has 168 valence electrons. The van der Waals surface area contributed by atoms with Crippen LogP contribution in [0.15, 0.2) is 45.8 Å². The van der Waals surface area contributed by atoms with Crippen LogP contribution in [0.1, 0.15) is 25.0 Å². The predicted molar refractivity (Wildman–Crippen MR) is 136 cm³/mol. The van der Waals surface area contributed by atoms with Gasteiger partial charge in [0.05, 0.1) is 16.0 Å². The molecule has 0 bridgehead atoms. The number of carbonyl (C=O) groups is 2. The number of amides is 2. The second-order valence-corrected chi connectivity index (χ2v) is 9.42. The number of aryl methyl sites for hydroxylation is 1. The lowest BCUT2D eigenvalue weighted by atomic mass is 10.2. The van der Waals surface area contributed by atoms with Crippen molar-refractivity contribution in [2.45, 2.75) is 20.8 Å². The van der Waals surface area contributed by atoms with Crippen molar-refractivity contribution in [3.05, 3.63) is 56.9 Å². The standard InChI is InChI=1S/C23H23BrN2O4S2/c1-4-26-22(28)19(32-23(26)31)12-15-10-17(24)21(18(11-15)29-5-2)30-13-20(27)25-16-8-6-14(3)7-9-16/h6-12H,4-5,13H2,1-3H3,(H,25,27)/b19-12-. The van der Waals surface area contributed by atoms with Gasteiger partial charge in [0.1, 0.15) is 4.32 Å². The van der Waals surface area contributed by atoms with Gasteiger partial charge in [-0.05, 0) is 72.6 Å². The van der Waals surface area contributed by atoms with Crippen LogP contribution in [0.5, 0.6) is 11.5 Å². The van der Waals surface area contributed by atoms with Crippen LogP contribution in [0, 0.1) is 6.92 Å². The average Bonchev–Trinajstić information content (AvgIpc) is 3.01. The number of hydrogen-bond donors (Lipinski definition) is 1. The van der Waals surface area contributed by atoms with Gasteiger partial charge in [-0.1, -0.05) is 41.7 Å². The molecule has 0 aromatic heterocycles. The highest BCUT2D eigenvalue weighted by Crippen LogP contribution is 2.39. The Hall–Kier alpha value is -2.36. The Morgan fingerprint density at radius 3 is 2.56 bits per heavy atom. The van der Waals surface area contributed by atoms with Gasteiger partial charge in [-0.15, -0.1) is 0 Å². The van der Waals surface area contributed by atoms with Gasteiger partial charge in [0.2, 0.25) is 0 Å². The molecule has 32 heavy (non-hydrogen) atoms. The van der Waals surface area contributed by atoms with Crippen LogP contribution in [-0.4, -0.2) is 40.8 Å². The van der Waals surface area contributed by atoms with Gasteiger partial charge in [-0.25, -0.2) is 0 Å². The van der Waals surface area contributed by atoms with E-state index in [0.717, 1.165) is 11.1 Å². The monoisotopic (exact) mass is 534 g/mol. The maximum Gasteiger partial charge on any atom is 0.266 e. The summed E-state index contributed by atoms with van der Waals surface area (Å²) in [5.41, 5.74) is 2.57. The number of nitrogens with one attached hydrogen (secondary N) is 1. The summed E-state index contributed by atoms with van der Waals surface area (Å²) in [5.74, 6) is 0.506. The number of halogens is 1. The molecule has 1 aliphatic heterocycles. The normalized spacial score (nSPS) is 14.8. The highest BCUT2D eigenvalue weighted by Gasteiger charge is 2.30. The zero-order chi connectivity index (χ0) is 23.3. The van der Waals surface area contributed by atoms with Crippen molar-refractivity contribution in [2.75, 3.05) is 25.1 Å². The van der Waals surface area contributed by atoms with E-state index < -0.39 is 0 Å². The molecule has 2 amide bonds. The summed E-state index contributed by atoms with van der Waals surface area (Å²) in [6.07, 6.45) is 1.77. The maximum atomic E-state index is 12.5. The number of thiocarbonyl (C=S) groups is 1. The number of thioether (sulfide) groups is 1. The van der Waals surface area contributed by atoms with E-state index in [1.807, 2.05) is 51.1 Å². The molecule has 0 spiro atoms. The number of anilines is 1. The molecule has 1 fully saturated rings. The second-order valence-electron chi connectivity index (χ2n) is 6.89. The molecular formula is C23H23BrN2O4S2. The molecule has 6 nitrogen and oxygen atoms in total. The summed E-state index contributed by atoms with van der Waals surface area (Å²) in [6, 6.07) is 11.1. The molecule has 1 aliphatic rings. The van der Waals surface area contributed by atoms with Gasteiger partial charge in [-0.2, -0.15) is 0 Å². The predicted octanol–water partition coefficient (Wildman–Crippen LogP) is 5.39. The molecule has 3 rings (SSSR count). The fourth-order valence-electron chi connectivity index (χ4n) is 2.97.